The van der Waals surface area contributed by atoms with Gasteiger partial charge in [0.05, 0.1) is 11.1 Å². The number of sulfonamides is 1. The monoisotopic (exact) mass is 307 g/mol. The van der Waals surface area contributed by atoms with Crippen molar-refractivity contribution in [1.29, 1.82) is 0 Å². The predicted molar refractivity (Wildman–Crippen MR) is 78.2 cm³/mol. The van der Waals surface area contributed by atoms with E-state index < -0.39 is 10.0 Å². The molecule has 2 N–H and O–H groups in total. The molecule has 2 heterocycles. The molecule has 0 bridgehead atoms. The van der Waals surface area contributed by atoms with Gasteiger partial charge in [0.1, 0.15) is 0 Å². The number of benzene rings is 1. The van der Waals surface area contributed by atoms with Gasteiger partial charge in [-0.05, 0) is 38.1 Å². The Bertz CT molecular complexity index is 692. The molecule has 1 aliphatic rings. The standard InChI is InChI=1S/C14H17N3O3S/c18-21(19,17-11-5-8-15-9-6-11)14-4-2-1-3-12(14)13-7-10-16-20-13/h1-4,7,10-11,15,17H,5-6,8-9H2. The van der Waals surface area contributed by atoms with Gasteiger partial charge in [0.15, 0.2) is 5.76 Å². The van der Waals surface area contributed by atoms with E-state index in [1.807, 2.05) is 0 Å². The third-order valence-corrected chi connectivity index (χ3v) is 5.12. The average molecular weight is 307 g/mol. The third-order valence-electron chi connectivity index (χ3n) is 3.54. The molecule has 0 radical (unpaired) electrons. The highest BCUT2D eigenvalue weighted by Crippen LogP contribution is 2.27. The van der Waals surface area contributed by atoms with E-state index in [-0.39, 0.29) is 10.9 Å². The maximum Gasteiger partial charge on any atom is 0.241 e. The van der Waals surface area contributed by atoms with E-state index in [1.54, 1.807) is 30.3 Å². The number of hydrogen-bond acceptors (Lipinski definition) is 5. The zero-order chi connectivity index (χ0) is 14.7. The molecule has 1 aliphatic heterocycles. The first-order valence-corrected chi connectivity index (χ1v) is 8.38. The van der Waals surface area contributed by atoms with Gasteiger partial charge in [-0.25, -0.2) is 13.1 Å². The molecule has 7 heteroatoms. The molecule has 0 spiro atoms. The van der Waals surface area contributed by atoms with Crippen LogP contribution in [-0.2, 0) is 10.0 Å². The van der Waals surface area contributed by atoms with Crippen molar-refractivity contribution < 1.29 is 12.9 Å². The van der Waals surface area contributed by atoms with Crippen molar-refractivity contribution in [3.8, 4) is 11.3 Å². The minimum absolute atomic E-state index is 0.0287. The number of aromatic nitrogens is 1. The van der Waals surface area contributed by atoms with Crippen LogP contribution in [-0.4, -0.2) is 32.7 Å². The summed E-state index contributed by atoms with van der Waals surface area (Å²) in [6.07, 6.45) is 3.09. The van der Waals surface area contributed by atoms with Crippen molar-refractivity contribution in [1.82, 2.24) is 15.2 Å². The molecule has 1 fully saturated rings. The molecule has 112 valence electrons. The summed E-state index contributed by atoms with van der Waals surface area (Å²) in [5.41, 5.74) is 0.524. The highest BCUT2D eigenvalue weighted by molar-refractivity contribution is 7.89. The molecule has 1 saturated heterocycles. The van der Waals surface area contributed by atoms with Gasteiger partial charge >= 0.3 is 0 Å². The fraction of sp³-hybridized carbons (Fsp3) is 0.357. The van der Waals surface area contributed by atoms with E-state index in [4.69, 9.17) is 4.52 Å². The lowest BCUT2D eigenvalue weighted by Gasteiger charge is -2.23. The Labute approximate surface area is 123 Å². The summed E-state index contributed by atoms with van der Waals surface area (Å²) in [7, 11) is -3.58. The van der Waals surface area contributed by atoms with Crippen molar-refractivity contribution in [3.63, 3.8) is 0 Å². The first kappa shape index (κ1) is 14.2. The average Bonchev–Trinajstić information content (AvgIpc) is 3.02. The van der Waals surface area contributed by atoms with Crippen molar-refractivity contribution in [2.24, 2.45) is 0 Å². The highest BCUT2D eigenvalue weighted by atomic mass is 32.2. The number of piperidine rings is 1. The predicted octanol–water partition coefficient (Wildman–Crippen LogP) is 1.37. The second-order valence-corrected chi connectivity index (χ2v) is 6.70. The summed E-state index contributed by atoms with van der Waals surface area (Å²) in [5, 5.41) is 6.85. The molecule has 0 aliphatic carbocycles. The smallest absolute Gasteiger partial charge is 0.241 e. The van der Waals surface area contributed by atoms with E-state index >= 15 is 0 Å². The molecule has 1 aromatic heterocycles. The molecule has 6 nitrogen and oxygen atoms in total. The fourth-order valence-electron chi connectivity index (χ4n) is 2.48. The molecular weight excluding hydrogens is 290 g/mol. The molecule has 21 heavy (non-hydrogen) atoms. The van der Waals surface area contributed by atoms with Gasteiger partial charge < -0.3 is 9.84 Å². The highest BCUT2D eigenvalue weighted by Gasteiger charge is 2.25. The van der Waals surface area contributed by atoms with Crippen LogP contribution in [0.5, 0.6) is 0 Å². The van der Waals surface area contributed by atoms with Gasteiger partial charge in [-0.1, -0.05) is 17.3 Å². The summed E-state index contributed by atoms with van der Waals surface area (Å²) in [4.78, 5) is 0.222. The summed E-state index contributed by atoms with van der Waals surface area (Å²) >= 11 is 0. The molecule has 2 aromatic rings. The Kier molecular flexibility index (Phi) is 4.05. The quantitative estimate of drug-likeness (QED) is 0.891. The molecule has 3 rings (SSSR count). The number of rotatable bonds is 4. The van der Waals surface area contributed by atoms with Crippen LogP contribution in [0.1, 0.15) is 12.8 Å². The normalized spacial score (nSPS) is 17.0. The summed E-state index contributed by atoms with van der Waals surface area (Å²) in [5.74, 6) is 0.446. The van der Waals surface area contributed by atoms with Gasteiger partial charge in [0, 0.05) is 17.7 Å². The second-order valence-electron chi connectivity index (χ2n) is 5.02. The minimum atomic E-state index is -3.58. The van der Waals surface area contributed by atoms with Crippen LogP contribution in [0.15, 0.2) is 45.9 Å². The Morgan fingerprint density at radius 1 is 1.19 bits per heavy atom. The molecule has 0 unspecified atom stereocenters. The maximum absolute atomic E-state index is 12.6. The van der Waals surface area contributed by atoms with Gasteiger partial charge in [-0.15, -0.1) is 0 Å². The van der Waals surface area contributed by atoms with Crippen molar-refractivity contribution in [3.05, 3.63) is 36.5 Å². The topological polar surface area (TPSA) is 84.2 Å². The van der Waals surface area contributed by atoms with Crippen LogP contribution in [0.2, 0.25) is 0 Å². The van der Waals surface area contributed by atoms with E-state index in [9.17, 15) is 8.42 Å². The largest absolute Gasteiger partial charge is 0.356 e. The van der Waals surface area contributed by atoms with E-state index in [0.717, 1.165) is 25.9 Å². The SMILES string of the molecule is O=S(=O)(NC1CCNCC1)c1ccccc1-c1ccno1. The van der Waals surface area contributed by atoms with Crippen molar-refractivity contribution in [2.75, 3.05) is 13.1 Å². The lowest BCUT2D eigenvalue weighted by molar-refractivity contribution is 0.425. The van der Waals surface area contributed by atoms with Crippen LogP contribution in [0, 0.1) is 0 Å². The first-order chi connectivity index (χ1) is 10.2. The van der Waals surface area contributed by atoms with Gasteiger partial charge in [0.25, 0.3) is 0 Å². The van der Waals surface area contributed by atoms with Crippen LogP contribution in [0.3, 0.4) is 0 Å². The van der Waals surface area contributed by atoms with Crippen molar-refractivity contribution in [2.45, 2.75) is 23.8 Å². The molecule has 1 aromatic carbocycles. The molecule has 0 amide bonds. The zero-order valence-electron chi connectivity index (χ0n) is 11.5. The third kappa shape index (κ3) is 3.15. The van der Waals surface area contributed by atoms with E-state index in [1.165, 1.54) is 6.20 Å². The van der Waals surface area contributed by atoms with E-state index in [2.05, 4.69) is 15.2 Å². The summed E-state index contributed by atoms with van der Waals surface area (Å²) in [6, 6.07) is 8.41. The summed E-state index contributed by atoms with van der Waals surface area (Å²) in [6.45, 7) is 1.66. The van der Waals surface area contributed by atoms with Gasteiger partial charge in [-0.3, -0.25) is 0 Å². The molecule has 0 saturated carbocycles. The van der Waals surface area contributed by atoms with Crippen LogP contribution in [0.4, 0.5) is 0 Å². The van der Waals surface area contributed by atoms with Gasteiger partial charge in [0.2, 0.25) is 10.0 Å². The van der Waals surface area contributed by atoms with Crippen LogP contribution < -0.4 is 10.0 Å². The van der Waals surface area contributed by atoms with Crippen molar-refractivity contribution >= 4 is 10.0 Å². The zero-order valence-corrected chi connectivity index (χ0v) is 12.3. The number of nitrogens with one attached hydrogen (secondary N) is 2. The first-order valence-electron chi connectivity index (χ1n) is 6.90. The Hall–Kier alpha value is -1.70. The second kappa shape index (κ2) is 5.97. The summed E-state index contributed by atoms with van der Waals surface area (Å²) < 4.78 is 33.1. The maximum atomic E-state index is 12.6. The Balaban J connectivity index is 1.92. The lowest BCUT2D eigenvalue weighted by Crippen LogP contribution is -2.42. The fourth-order valence-corrected chi connectivity index (χ4v) is 4.00. The van der Waals surface area contributed by atoms with Gasteiger partial charge in [-0.2, -0.15) is 0 Å². The molecular formula is C14H17N3O3S. The van der Waals surface area contributed by atoms with E-state index in [0.29, 0.717) is 11.3 Å². The number of nitrogens with zero attached hydrogens (tertiary/aromatic N) is 1. The van der Waals surface area contributed by atoms with Crippen LogP contribution >= 0.6 is 0 Å². The van der Waals surface area contributed by atoms with Crippen LogP contribution in [0.25, 0.3) is 11.3 Å². The Morgan fingerprint density at radius 2 is 1.95 bits per heavy atom. The molecule has 0 atom stereocenters. The minimum Gasteiger partial charge on any atom is -0.356 e. The Morgan fingerprint density at radius 3 is 2.67 bits per heavy atom. The lowest BCUT2D eigenvalue weighted by atomic mass is 10.1. The number of hydrogen-bond donors (Lipinski definition) is 2.